The Bertz CT molecular complexity index is 523. The van der Waals surface area contributed by atoms with Gasteiger partial charge in [0.15, 0.2) is 11.6 Å². The molecule has 1 aromatic rings. The molecule has 0 aliphatic carbocycles. The Hall–Kier alpha value is -2.25. The molecule has 2 amide bonds. The summed E-state index contributed by atoms with van der Waals surface area (Å²) in [6.07, 6.45) is 0.184. The van der Waals surface area contributed by atoms with Gasteiger partial charge in [-0.15, -0.1) is 0 Å². The molecule has 0 aromatic heterocycles. The van der Waals surface area contributed by atoms with Crippen LogP contribution in [-0.4, -0.2) is 23.7 Å². The monoisotopic (exact) mass is 290 g/mol. The second-order valence-corrected chi connectivity index (χ2v) is 4.16. The molecule has 0 aliphatic rings. The fraction of sp³-hybridized carbons (Fsp3) is 0.333. The number of anilines is 1. The Kier molecular flexibility index (Phi) is 5.36. The van der Waals surface area contributed by atoms with E-state index in [1.807, 2.05) is 5.32 Å². The second kappa shape index (κ2) is 6.78. The zero-order chi connectivity index (χ0) is 15.3. The molecule has 0 aliphatic heterocycles. The molecule has 1 atom stereocenters. The molecular weight excluding hydrogens is 277 g/mol. The van der Waals surface area contributed by atoms with Gasteiger partial charge in [-0.25, -0.2) is 18.0 Å². The summed E-state index contributed by atoms with van der Waals surface area (Å²) in [6.45, 7) is 1.52. The van der Waals surface area contributed by atoms with Crippen LogP contribution in [0.5, 0.6) is 0 Å². The van der Waals surface area contributed by atoms with Crippen molar-refractivity contribution < 1.29 is 27.9 Å². The number of halogens is 3. The third-order valence-corrected chi connectivity index (χ3v) is 2.54. The van der Waals surface area contributed by atoms with Gasteiger partial charge in [0, 0.05) is 18.7 Å². The summed E-state index contributed by atoms with van der Waals surface area (Å²) in [6, 6.07) is -0.00539. The molecule has 110 valence electrons. The van der Waals surface area contributed by atoms with Crippen LogP contribution >= 0.6 is 0 Å². The van der Waals surface area contributed by atoms with Gasteiger partial charge in [0.25, 0.3) is 0 Å². The molecule has 0 radical (unpaired) electrons. The van der Waals surface area contributed by atoms with Gasteiger partial charge in [0.05, 0.1) is 11.6 Å². The smallest absolute Gasteiger partial charge is 0.319 e. The fourth-order valence-corrected chi connectivity index (χ4v) is 1.31. The number of amides is 2. The summed E-state index contributed by atoms with van der Waals surface area (Å²) in [5, 5.41) is 12.9. The first-order chi connectivity index (χ1) is 9.31. The maximum absolute atomic E-state index is 13.2. The quantitative estimate of drug-likeness (QED) is 0.728. The van der Waals surface area contributed by atoms with E-state index in [-0.39, 0.29) is 13.0 Å². The van der Waals surface area contributed by atoms with Crippen molar-refractivity contribution in [2.45, 2.75) is 13.3 Å². The highest BCUT2D eigenvalue weighted by Crippen LogP contribution is 2.18. The van der Waals surface area contributed by atoms with Crippen LogP contribution in [0, 0.1) is 23.4 Å². The van der Waals surface area contributed by atoms with E-state index in [0.29, 0.717) is 12.1 Å². The summed E-state index contributed by atoms with van der Waals surface area (Å²) in [7, 11) is 0. The van der Waals surface area contributed by atoms with E-state index in [4.69, 9.17) is 5.11 Å². The van der Waals surface area contributed by atoms with Crippen LogP contribution in [0.15, 0.2) is 12.1 Å². The Morgan fingerprint density at radius 2 is 1.80 bits per heavy atom. The zero-order valence-corrected chi connectivity index (χ0v) is 10.5. The van der Waals surface area contributed by atoms with Crippen LogP contribution in [0.1, 0.15) is 13.3 Å². The van der Waals surface area contributed by atoms with E-state index in [2.05, 4.69) is 5.32 Å². The molecule has 3 N–H and O–H groups in total. The number of hydrogen-bond donors (Lipinski definition) is 3. The van der Waals surface area contributed by atoms with Gasteiger partial charge in [-0.1, -0.05) is 6.92 Å². The van der Waals surface area contributed by atoms with Crippen molar-refractivity contribution in [2.24, 2.45) is 5.92 Å². The van der Waals surface area contributed by atoms with E-state index in [0.717, 1.165) is 0 Å². The molecule has 0 saturated heterocycles. The number of carbonyl (C=O) groups is 2. The summed E-state index contributed by atoms with van der Waals surface area (Å²) in [4.78, 5) is 21.9. The fourth-order valence-electron chi connectivity index (χ4n) is 1.31. The van der Waals surface area contributed by atoms with Gasteiger partial charge < -0.3 is 15.7 Å². The standard InChI is InChI=1S/C12H13F3N2O3/c1-6(11(18)19)2-3-16-12(20)17-10-5-8(14)7(13)4-9(10)15/h4-6H,2-3H2,1H3,(H,18,19)(H2,16,17,20). The first kappa shape index (κ1) is 15.8. The van der Waals surface area contributed by atoms with Gasteiger partial charge in [-0.05, 0) is 6.42 Å². The lowest BCUT2D eigenvalue weighted by atomic mass is 10.1. The van der Waals surface area contributed by atoms with Crippen LogP contribution < -0.4 is 10.6 Å². The highest BCUT2D eigenvalue weighted by atomic mass is 19.2. The van der Waals surface area contributed by atoms with Gasteiger partial charge in [0.2, 0.25) is 0 Å². The number of urea groups is 1. The third-order valence-electron chi connectivity index (χ3n) is 2.54. The normalized spacial score (nSPS) is 11.8. The number of carboxylic acids is 1. The van der Waals surface area contributed by atoms with Crippen molar-refractivity contribution in [1.29, 1.82) is 0 Å². The number of aliphatic carboxylic acids is 1. The molecule has 8 heteroatoms. The number of nitrogens with one attached hydrogen (secondary N) is 2. The van der Waals surface area contributed by atoms with Crippen molar-refractivity contribution in [2.75, 3.05) is 11.9 Å². The molecule has 1 rings (SSSR count). The Balaban J connectivity index is 2.51. The molecular formula is C12H13F3N2O3. The molecule has 0 saturated carbocycles. The summed E-state index contributed by atoms with van der Waals surface area (Å²) in [5.74, 6) is -5.41. The van der Waals surface area contributed by atoms with Gasteiger partial charge in [-0.2, -0.15) is 0 Å². The van der Waals surface area contributed by atoms with E-state index >= 15 is 0 Å². The van der Waals surface area contributed by atoms with E-state index in [9.17, 15) is 22.8 Å². The van der Waals surface area contributed by atoms with E-state index in [1.54, 1.807) is 0 Å². The molecule has 1 aromatic carbocycles. The number of benzene rings is 1. The van der Waals surface area contributed by atoms with Gasteiger partial charge in [0.1, 0.15) is 5.82 Å². The Morgan fingerprint density at radius 1 is 1.20 bits per heavy atom. The summed E-state index contributed by atoms with van der Waals surface area (Å²) < 4.78 is 38.8. The van der Waals surface area contributed by atoms with Crippen LogP contribution in [-0.2, 0) is 4.79 Å². The lowest BCUT2D eigenvalue weighted by molar-refractivity contribution is -0.141. The minimum absolute atomic E-state index is 0.0462. The van der Waals surface area contributed by atoms with Crippen molar-refractivity contribution in [3.05, 3.63) is 29.6 Å². The molecule has 0 fully saturated rings. The molecule has 0 heterocycles. The second-order valence-electron chi connectivity index (χ2n) is 4.16. The minimum atomic E-state index is -1.36. The largest absolute Gasteiger partial charge is 0.481 e. The van der Waals surface area contributed by atoms with Crippen molar-refractivity contribution in [3.8, 4) is 0 Å². The topological polar surface area (TPSA) is 78.4 Å². The molecule has 5 nitrogen and oxygen atoms in total. The van der Waals surface area contributed by atoms with E-state index in [1.165, 1.54) is 6.92 Å². The SMILES string of the molecule is CC(CCNC(=O)Nc1cc(F)c(F)cc1F)C(=O)O. The van der Waals surface area contributed by atoms with Gasteiger partial charge in [-0.3, -0.25) is 4.79 Å². The first-order valence-corrected chi connectivity index (χ1v) is 5.73. The Morgan fingerprint density at radius 3 is 2.40 bits per heavy atom. The average molecular weight is 290 g/mol. The number of rotatable bonds is 5. The maximum atomic E-state index is 13.2. The van der Waals surface area contributed by atoms with Crippen LogP contribution in [0.4, 0.5) is 23.7 Å². The number of carboxylic acid groups (broad SMARTS) is 1. The predicted molar refractivity (Wildman–Crippen MR) is 64.8 cm³/mol. The molecule has 0 spiro atoms. The predicted octanol–water partition coefficient (Wildman–Crippen LogP) is 2.34. The molecule has 20 heavy (non-hydrogen) atoms. The van der Waals surface area contributed by atoms with E-state index < -0.39 is 41.1 Å². The third kappa shape index (κ3) is 4.45. The maximum Gasteiger partial charge on any atom is 0.319 e. The molecule has 1 unspecified atom stereocenters. The highest BCUT2D eigenvalue weighted by molar-refractivity contribution is 5.89. The molecule has 0 bridgehead atoms. The van der Waals surface area contributed by atoms with Crippen LogP contribution in [0.3, 0.4) is 0 Å². The lowest BCUT2D eigenvalue weighted by Crippen LogP contribution is -2.31. The van der Waals surface area contributed by atoms with Crippen molar-refractivity contribution >= 4 is 17.7 Å². The summed E-state index contributed by atoms with van der Waals surface area (Å²) in [5.41, 5.74) is -0.507. The minimum Gasteiger partial charge on any atom is -0.481 e. The number of carbonyl (C=O) groups excluding carboxylic acids is 1. The van der Waals surface area contributed by atoms with Crippen LogP contribution in [0.2, 0.25) is 0 Å². The lowest BCUT2D eigenvalue weighted by Gasteiger charge is -2.10. The highest BCUT2D eigenvalue weighted by Gasteiger charge is 2.13. The average Bonchev–Trinajstić information content (AvgIpc) is 2.35. The first-order valence-electron chi connectivity index (χ1n) is 5.73. The Labute approximate surface area is 112 Å². The van der Waals surface area contributed by atoms with Gasteiger partial charge >= 0.3 is 12.0 Å². The number of hydrogen-bond acceptors (Lipinski definition) is 2. The van der Waals surface area contributed by atoms with Crippen molar-refractivity contribution in [1.82, 2.24) is 5.32 Å². The summed E-state index contributed by atoms with van der Waals surface area (Å²) >= 11 is 0. The van der Waals surface area contributed by atoms with Crippen LogP contribution in [0.25, 0.3) is 0 Å². The zero-order valence-electron chi connectivity index (χ0n) is 10.5. The van der Waals surface area contributed by atoms with Crippen molar-refractivity contribution in [3.63, 3.8) is 0 Å².